The maximum Gasteiger partial charge on any atom is 0.251 e. The molecule has 0 unspecified atom stereocenters. The maximum absolute atomic E-state index is 12.6. The molecule has 0 aliphatic rings. The molecule has 0 atom stereocenters. The van der Waals surface area contributed by atoms with Crippen molar-refractivity contribution in [3.8, 4) is 0 Å². The predicted octanol–water partition coefficient (Wildman–Crippen LogP) is 1.61. The van der Waals surface area contributed by atoms with Crippen LogP contribution in [0.5, 0.6) is 0 Å². The van der Waals surface area contributed by atoms with E-state index in [-0.39, 0.29) is 5.91 Å². The number of carbonyl (C=O) groups excluding carboxylic acids is 1. The molecular formula is C10H13FN2O. The van der Waals surface area contributed by atoms with Crippen LogP contribution < -0.4 is 5.32 Å². The highest BCUT2D eigenvalue weighted by atomic mass is 19.1. The van der Waals surface area contributed by atoms with Gasteiger partial charge in [0.1, 0.15) is 0 Å². The smallest absolute Gasteiger partial charge is 0.251 e. The average molecular weight is 196 g/mol. The minimum atomic E-state index is -0.637. The number of halogens is 1. The van der Waals surface area contributed by atoms with E-state index in [0.29, 0.717) is 18.0 Å². The van der Waals surface area contributed by atoms with Crippen molar-refractivity contribution in [1.29, 1.82) is 0 Å². The zero-order valence-corrected chi connectivity index (χ0v) is 8.25. The Labute approximate surface area is 82.4 Å². The van der Waals surface area contributed by atoms with Gasteiger partial charge in [-0.2, -0.15) is 4.39 Å². The van der Waals surface area contributed by atoms with E-state index in [1.54, 1.807) is 0 Å². The van der Waals surface area contributed by atoms with Crippen LogP contribution in [-0.4, -0.2) is 17.4 Å². The summed E-state index contributed by atoms with van der Waals surface area (Å²) in [4.78, 5) is 14.8. The third-order valence-corrected chi connectivity index (χ3v) is 1.66. The highest BCUT2D eigenvalue weighted by Crippen LogP contribution is 2.00. The second-order valence-electron chi connectivity index (χ2n) is 3.47. The van der Waals surface area contributed by atoms with Gasteiger partial charge in [0.2, 0.25) is 5.95 Å². The Kier molecular flexibility index (Phi) is 3.56. The Morgan fingerprint density at radius 1 is 1.64 bits per heavy atom. The van der Waals surface area contributed by atoms with Crippen LogP contribution in [0.3, 0.4) is 0 Å². The number of pyridine rings is 1. The molecule has 0 saturated carbocycles. The molecule has 1 heterocycles. The monoisotopic (exact) mass is 196 g/mol. The first-order valence-corrected chi connectivity index (χ1v) is 4.49. The van der Waals surface area contributed by atoms with Crippen LogP contribution in [0.15, 0.2) is 18.3 Å². The van der Waals surface area contributed by atoms with Crippen molar-refractivity contribution < 1.29 is 9.18 Å². The first-order valence-electron chi connectivity index (χ1n) is 4.49. The van der Waals surface area contributed by atoms with E-state index in [4.69, 9.17) is 0 Å². The van der Waals surface area contributed by atoms with Gasteiger partial charge in [0, 0.05) is 24.4 Å². The van der Waals surface area contributed by atoms with E-state index in [2.05, 4.69) is 10.3 Å². The SMILES string of the molecule is CC(C)CNC(=O)c1ccnc(F)c1. The molecule has 0 spiro atoms. The van der Waals surface area contributed by atoms with Crippen molar-refractivity contribution in [3.05, 3.63) is 29.8 Å². The Morgan fingerprint density at radius 3 is 2.93 bits per heavy atom. The van der Waals surface area contributed by atoms with Gasteiger partial charge in [-0.1, -0.05) is 13.8 Å². The second kappa shape index (κ2) is 4.69. The minimum Gasteiger partial charge on any atom is -0.352 e. The number of hydrogen-bond acceptors (Lipinski definition) is 2. The summed E-state index contributed by atoms with van der Waals surface area (Å²) in [6.07, 6.45) is 1.28. The van der Waals surface area contributed by atoms with Crippen LogP contribution in [0.1, 0.15) is 24.2 Å². The predicted molar refractivity (Wildman–Crippen MR) is 51.4 cm³/mol. The number of nitrogens with one attached hydrogen (secondary N) is 1. The van der Waals surface area contributed by atoms with Crippen molar-refractivity contribution in [2.75, 3.05) is 6.54 Å². The molecule has 1 amide bonds. The summed E-state index contributed by atoms with van der Waals surface area (Å²) in [5, 5.41) is 2.69. The molecule has 1 N–H and O–H groups in total. The molecule has 1 rings (SSSR count). The first kappa shape index (κ1) is 10.6. The summed E-state index contributed by atoms with van der Waals surface area (Å²) < 4.78 is 12.6. The molecule has 0 fully saturated rings. The van der Waals surface area contributed by atoms with Crippen molar-refractivity contribution in [3.63, 3.8) is 0 Å². The molecule has 1 aromatic heterocycles. The number of amides is 1. The molecule has 0 aliphatic carbocycles. The van der Waals surface area contributed by atoms with E-state index in [9.17, 15) is 9.18 Å². The Bertz CT molecular complexity index is 326. The quantitative estimate of drug-likeness (QED) is 0.746. The van der Waals surface area contributed by atoms with Gasteiger partial charge in [-0.15, -0.1) is 0 Å². The molecule has 0 aromatic carbocycles. The first-order chi connectivity index (χ1) is 6.59. The van der Waals surface area contributed by atoms with Crippen LogP contribution in [-0.2, 0) is 0 Å². The zero-order chi connectivity index (χ0) is 10.6. The van der Waals surface area contributed by atoms with Crippen LogP contribution in [0.25, 0.3) is 0 Å². The van der Waals surface area contributed by atoms with E-state index in [0.717, 1.165) is 6.07 Å². The van der Waals surface area contributed by atoms with Gasteiger partial charge in [0.05, 0.1) is 0 Å². The van der Waals surface area contributed by atoms with Crippen LogP contribution in [0.2, 0.25) is 0 Å². The summed E-state index contributed by atoms with van der Waals surface area (Å²) in [5.74, 6) is -0.521. The highest BCUT2D eigenvalue weighted by molar-refractivity contribution is 5.93. The van der Waals surface area contributed by atoms with Gasteiger partial charge in [-0.3, -0.25) is 4.79 Å². The third-order valence-electron chi connectivity index (χ3n) is 1.66. The summed E-state index contributed by atoms with van der Waals surface area (Å²) in [6, 6.07) is 2.61. The number of rotatable bonds is 3. The van der Waals surface area contributed by atoms with Crippen molar-refractivity contribution in [1.82, 2.24) is 10.3 Å². The second-order valence-corrected chi connectivity index (χ2v) is 3.47. The van der Waals surface area contributed by atoms with Crippen molar-refractivity contribution in [2.24, 2.45) is 5.92 Å². The summed E-state index contributed by atoms with van der Waals surface area (Å²) in [7, 11) is 0. The third kappa shape index (κ3) is 3.12. The fourth-order valence-electron chi connectivity index (χ4n) is 0.943. The lowest BCUT2D eigenvalue weighted by Gasteiger charge is -2.06. The molecule has 0 radical (unpaired) electrons. The summed E-state index contributed by atoms with van der Waals surface area (Å²) in [5.41, 5.74) is 0.304. The lowest BCUT2D eigenvalue weighted by Crippen LogP contribution is -2.27. The Morgan fingerprint density at radius 2 is 2.36 bits per heavy atom. The standard InChI is InChI=1S/C10H13FN2O/c1-7(2)6-13-10(14)8-3-4-12-9(11)5-8/h3-5,7H,6H2,1-2H3,(H,13,14). The molecule has 76 valence electrons. The van der Waals surface area contributed by atoms with Crippen LogP contribution >= 0.6 is 0 Å². The number of carbonyl (C=O) groups is 1. The minimum absolute atomic E-state index is 0.264. The zero-order valence-electron chi connectivity index (χ0n) is 8.25. The van der Waals surface area contributed by atoms with Crippen LogP contribution in [0, 0.1) is 11.9 Å². The lowest BCUT2D eigenvalue weighted by atomic mass is 10.2. The number of nitrogens with zero attached hydrogens (tertiary/aromatic N) is 1. The topological polar surface area (TPSA) is 42.0 Å². The van der Waals surface area contributed by atoms with Crippen molar-refractivity contribution >= 4 is 5.91 Å². The lowest BCUT2D eigenvalue weighted by molar-refractivity contribution is 0.0948. The molecule has 3 nitrogen and oxygen atoms in total. The van der Waals surface area contributed by atoms with Crippen molar-refractivity contribution in [2.45, 2.75) is 13.8 Å². The molecule has 0 bridgehead atoms. The fraction of sp³-hybridized carbons (Fsp3) is 0.400. The molecular weight excluding hydrogens is 183 g/mol. The average Bonchev–Trinajstić information content (AvgIpc) is 2.14. The van der Waals surface area contributed by atoms with E-state index in [1.807, 2.05) is 13.8 Å². The molecule has 4 heteroatoms. The van der Waals surface area contributed by atoms with Gasteiger partial charge in [-0.25, -0.2) is 4.98 Å². The van der Waals surface area contributed by atoms with E-state index in [1.165, 1.54) is 12.3 Å². The van der Waals surface area contributed by atoms with Gasteiger partial charge < -0.3 is 5.32 Å². The molecule has 1 aromatic rings. The van der Waals surface area contributed by atoms with E-state index >= 15 is 0 Å². The van der Waals surface area contributed by atoms with Gasteiger partial charge in [0.15, 0.2) is 0 Å². The number of aromatic nitrogens is 1. The highest BCUT2D eigenvalue weighted by Gasteiger charge is 2.06. The Hall–Kier alpha value is -1.45. The van der Waals surface area contributed by atoms with Gasteiger partial charge in [-0.05, 0) is 12.0 Å². The number of hydrogen-bond donors (Lipinski definition) is 1. The Balaban J connectivity index is 2.61. The normalized spacial score (nSPS) is 10.3. The summed E-state index contributed by atoms with van der Waals surface area (Å²) >= 11 is 0. The summed E-state index contributed by atoms with van der Waals surface area (Å²) in [6.45, 7) is 4.57. The fourth-order valence-corrected chi connectivity index (χ4v) is 0.943. The van der Waals surface area contributed by atoms with Crippen LogP contribution in [0.4, 0.5) is 4.39 Å². The molecule has 0 saturated heterocycles. The van der Waals surface area contributed by atoms with E-state index < -0.39 is 5.95 Å². The molecule has 14 heavy (non-hydrogen) atoms. The largest absolute Gasteiger partial charge is 0.352 e. The molecule has 0 aliphatic heterocycles. The van der Waals surface area contributed by atoms with Gasteiger partial charge in [0.25, 0.3) is 5.91 Å². The maximum atomic E-state index is 12.6. The van der Waals surface area contributed by atoms with Gasteiger partial charge >= 0.3 is 0 Å².